The summed E-state index contributed by atoms with van der Waals surface area (Å²) < 4.78 is 0.210. The molecule has 1 rings (SSSR count). The average molecular weight is 192 g/mol. The molecule has 13 heavy (non-hydrogen) atoms. The lowest BCUT2D eigenvalue weighted by Crippen LogP contribution is -2.13. The second-order valence-corrected chi connectivity index (χ2v) is 5.26. The minimum absolute atomic E-state index is 0.210. The predicted molar refractivity (Wildman–Crippen MR) is 62.8 cm³/mol. The topological polar surface area (TPSA) is 0 Å². The Morgan fingerprint density at radius 3 is 2.69 bits per heavy atom. The van der Waals surface area contributed by atoms with Crippen molar-refractivity contribution in [2.24, 2.45) is 0 Å². The normalized spacial score (nSPS) is 21.2. The van der Waals surface area contributed by atoms with Gasteiger partial charge in [-0.15, -0.1) is 11.8 Å². The lowest BCUT2D eigenvalue weighted by molar-refractivity contribution is 0.898. The van der Waals surface area contributed by atoms with E-state index in [0.717, 1.165) is 0 Å². The molecule has 0 unspecified atom stereocenters. The molecule has 1 aliphatic heterocycles. The number of hydrogen-bond donors (Lipinski definition) is 0. The first-order valence-corrected chi connectivity index (χ1v) is 5.28. The van der Waals surface area contributed by atoms with E-state index in [9.17, 15) is 0 Å². The Bertz CT molecular complexity index is 290. The third-order valence-corrected chi connectivity index (χ3v) is 3.11. The average Bonchev–Trinajstić information content (AvgIpc) is 2.04. The highest BCUT2D eigenvalue weighted by Crippen LogP contribution is 2.39. The van der Waals surface area contributed by atoms with E-state index in [1.807, 2.05) is 24.8 Å². The van der Waals surface area contributed by atoms with Gasteiger partial charge in [-0.3, -0.25) is 0 Å². The summed E-state index contributed by atoms with van der Waals surface area (Å²) in [5.41, 5.74) is 1.22. The second kappa shape index (κ2) is 4.01. The van der Waals surface area contributed by atoms with Crippen LogP contribution in [0.3, 0.4) is 0 Å². The lowest BCUT2D eigenvalue weighted by Gasteiger charge is -2.25. The van der Waals surface area contributed by atoms with Gasteiger partial charge in [0.05, 0.1) is 0 Å². The Morgan fingerprint density at radius 2 is 2.15 bits per heavy atom. The zero-order chi connectivity index (χ0) is 9.90. The number of hydrogen-bond acceptors (Lipinski definition) is 1. The van der Waals surface area contributed by atoms with Crippen LogP contribution in [0.2, 0.25) is 0 Å². The maximum atomic E-state index is 3.81. The number of rotatable bonds is 2. The van der Waals surface area contributed by atoms with E-state index in [2.05, 4.69) is 44.7 Å². The summed E-state index contributed by atoms with van der Waals surface area (Å²) in [5, 5.41) is 0. The maximum absolute atomic E-state index is 3.81. The molecule has 0 aromatic rings. The molecule has 0 amide bonds. The second-order valence-electron chi connectivity index (χ2n) is 3.56. The third-order valence-electron chi connectivity index (χ3n) is 1.86. The first-order chi connectivity index (χ1) is 6.09. The molecule has 1 heterocycles. The molecule has 0 saturated heterocycles. The highest BCUT2D eigenvalue weighted by Gasteiger charge is 2.20. The summed E-state index contributed by atoms with van der Waals surface area (Å²) in [6.07, 6.45) is 10.5. The molecule has 0 aromatic heterocycles. The van der Waals surface area contributed by atoms with Crippen molar-refractivity contribution < 1.29 is 0 Å². The molecule has 1 aliphatic rings. The Labute approximate surface area is 85.1 Å². The zero-order valence-corrected chi connectivity index (χ0v) is 9.32. The fourth-order valence-corrected chi connectivity index (χ4v) is 2.38. The quantitative estimate of drug-likeness (QED) is 0.635. The first-order valence-electron chi connectivity index (χ1n) is 4.47. The zero-order valence-electron chi connectivity index (χ0n) is 8.50. The maximum Gasteiger partial charge on any atom is 0.0333 e. The molecule has 0 aromatic carbocycles. The van der Waals surface area contributed by atoms with Gasteiger partial charge in [0.2, 0.25) is 0 Å². The van der Waals surface area contributed by atoms with E-state index < -0.39 is 0 Å². The van der Waals surface area contributed by atoms with Crippen molar-refractivity contribution >= 4 is 11.8 Å². The molecule has 0 atom stereocenters. The van der Waals surface area contributed by atoms with Gasteiger partial charge in [-0.25, -0.2) is 0 Å². The Kier molecular flexibility index (Phi) is 3.21. The van der Waals surface area contributed by atoms with Crippen LogP contribution in [-0.4, -0.2) is 4.75 Å². The van der Waals surface area contributed by atoms with Crippen LogP contribution in [0.4, 0.5) is 0 Å². The molecule has 0 aliphatic carbocycles. The van der Waals surface area contributed by atoms with Crippen molar-refractivity contribution in [3.8, 4) is 0 Å². The summed E-state index contributed by atoms with van der Waals surface area (Å²) in [6.45, 7) is 10.3. The molecule has 70 valence electrons. The van der Waals surface area contributed by atoms with Crippen molar-refractivity contribution in [3.05, 3.63) is 47.4 Å². The minimum atomic E-state index is 0.210. The van der Waals surface area contributed by atoms with Crippen molar-refractivity contribution in [1.29, 1.82) is 0 Å². The monoisotopic (exact) mass is 192 g/mol. The summed E-state index contributed by atoms with van der Waals surface area (Å²) in [4.78, 5) is 1.31. The van der Waals surface area contributed by atoms with Crippen LogP contribution in [0.1, 0.15) is 20.8 Å². The van der Waals surface area contributed by atoms with E-state index in [1.54, 1.807) is 0 Å². The Balaban J connectivity index is 3.01. The molecule has 0 nitrogen and oxygen atoms in total. The largest absolute Gasteiger partial charge is 0.115 e. The van der Waals surface area contributed by atoms with Gasteiger partial charge in [-0.1, -0.05) is 37.0 Å². The van der Waals surface area contributed by atoms with Crippen molar-refractivity contribution in [2.75, 3.05) is 0 Å². The van der Waals surface area contributed by atoms with Crippen LogP contribution < -0.4 is 0 Å². The third kappa shape index (κ3) is 2.63. The van der Waals surface area contributed by atoms with Crippen LogP contribution in [-0.2, 0) is 0 Å². The van der Waals surface area contributed by atoms with E-state index in [1.165, 1.54) is 10.5 Å². The van der Waals surface area contributed by atoms with E-state index >= 15 is 0 Å². The lowest BCUT2D eigenvalue weighted by atomic mass is 10.1. The highest BCUT2D eigenvalue weighted by atomic mass is 32.2. The van der Waals surface area contributed by atoms with Crippen LogP contribution in [0.5, 0.6) is 0 Å². The fourth-order valence-electron chi connectivity index (χ4n) is 1.20. The Hall–Kier alpha value is -0.690. The molecule has 1 heteroatoms. The highest BCUT2D eigenvalue weighted by molar-refractivity contribution is 8.04. The van der Waals surface area contributed by atoms with Crippen LogP contribution >= 0.6 is 11.8 Å². The molecule has 0 saturated carbocycles. The first kappa shape index (κ1) is 10.4. The Morgan fingerprint density at radius 1 is 1.46 bits per heavy atom. The molecular weight excluding hydrogens is 176 g/mol. The van der Waals surface area contributed by atoms with Gasteiger partial charge >= 0.3 is 0 Å². The molecule has 0 radical (unpaired) electrons. The van der Waals surface area contributed by atoms with Gasteiger partial charge in [0.1, 0.15) is 0 Å². The number of allylic oxidation sites excluding steroid dienone is 5. The predicted octanol–water partition coefficient (Wildman–Crippen LogP) is 4.08. The summed E-state index contributed by atoms with van der Waals surface area (Å²) >= 11 is 1.88. The van der Waals surface area contributed by atoms with Gasteiger partial charge in [-0.2, -0.15) is 0 Å². The van der Waals surface area contributed by atoms with Gasteiger partial charge in [0.15, 0.2) is 0 Å². The molecule has 0 spiro atoms. The van der Waals surface area contributed by atoms with Gasteiger partial charge < -0.3 is 0 Å². The summed E-state index contributed by atoms with van der Waals surface area (Å²) in [6, 6.07) is 0. The van der Waals surface area contributed by atoms with Gasteiger partial charge in [-0.05, 0) is 26.3 Å². The van der Waals surface area contributed by atoms with E-state index in [-0.39, 0.29) is 4.75 Å². The van der Waals surface area contributed by atoms with Gasteiger partial charge in [0.25, 0.3) is 0 Å². The smallest absolute Gasteiger partial charge is 0.0333 e. The minimum Gasteiger partial charge on any atom is -0.115 e. The molecule has 0 fully saturated rings. The molecule has 0 bridgehead atoms. The van der Waals surface area contributed by atoms with Crippen LogP contribution in [0.25, 0.3) is 0 Å². The van der Waals surface area contributed by atoms with Gasteiger partial charge in [0, 0.05) is 9.65 Å². The fraction of sp³-hybridized carbons (Fsp3) is 0.333. The SMILES string of the molecule is C=CC1=C(/C=C\C)SC(C)(C)C=C1. The summed E-state index contributed by atoms with van der Waals surface area (Å²) in [7, 11) is 0. The molecule has 0 N–H and O–H groups in total. The van der Waals surface area contributed by atoms with Crippen molar-refractivity contribution in [3.63, 3.8) is 0 Å². The van der Waals surface area contributed by atoms with Crippen LogP contribution in [0, 0.1) is 0 Å². The van der Waals surface area contributed by atoms with Crippen molar-refractivity contribution in [2.45, 2.75) is 25.5 Å². The standard InChI is InChI=1S/C12H16S/c1-5-7-11-10(6-2)8-9-12(3,4)13-11/h5-9H,2H2,1,3-4H3/b7-5-. The van der Waals surface area contributed by atoms with E-state index in [4.69, 9.17) is 0 Å². The summed E-state index contributed by atoms with van der Waals surface area (Å²) in [5.74, 6) is 0. The van der Waals surface area contributed by atoms with Crippen molar-refractivity contribution in [1.82, 2.24) is 0 Å². The van der Waals surface area contributed by atoms with E-state index in [0.29, 0.717) is 0 Å². The van der Waals surface area contributed by atoms with Crippen LogP contribution in [0.15, 0.2) is 47.4 Å². The molecular formula is C12H16S. The number of thioether (sulfide) groups is 1.